The molecule has 0 aliphatic heterocycles. The predicted octanol–water partition coefficient (Wildman–Crippen LogP) is 11.8. The Hall–Kier alpha value is -2.54. The molecule has 39 heavy (non-hydrogen) atoms. The third-order valence-electron chi connectivity index (χ3n) is 8.82. The fraction of sp³-hybridized carbons (Fsp3) is 0.526. The first kappa shape index (κ1) is 31.0. The van der Waals surface area contributed by atoms with Crippen molar-refractivity contribution in [3.8, 4) is 0 Å². The van der Waals surface area contributed by atoms with Gasteiger partial charge < -0.3 is 5.32 Å². The Bertz CT molecular complexity index is 1140. The second kappa shape index (κ2) is 13.7. The first-order valence-electron chi connectivity index (χ1n) is 15.5. The number of hydrogen-bond donors (Lipinski definition) is 1. The highest BCUT2D eigenvalue weighted by molar-refractivity contribution is 5.66. The molecule has 3 aromatic rings. The van der Waals surface area contributed by atoms with Gasteiger partial charge in [0, 0.05) is 17.3 Å². The van der Waals surface area contributed by atoms with Crippen molar-refractivity contribution in [2.75, 3.05) is 5.32 Å². The molecule has 1 heteroatoms. The molecule has 0 bridgehead atoms. The first-order chi connectivity index (χ1) is 18.5. The smallest absolute Gasteiger partial charge is 0.0423 e. The SMILES string of the molecule is CCCC(C)CC(C)(C)c1ccc(Nc2ccc(C(C)(C)CC(C)CCC)cc2C(C)c2ccccc2)cc1. The molecule has 0 saturated heterocycles. The van der Waals surface area contributed by atoms with Gasteiger partial charge in [-0.1, -0.05) is 143 Å². The van der Waals surface area contributed by atoms with E-state index < -0.39 is 0 Å². The quantitative estimate of drug-likeness (QED) is 0.221. The van der Waals surface area contributed by atoms with Gasteiger partial charge in [0.05, 0.1) is 0 Å². The standard InChI is InChI=1S/C38H55N/c1-10-15-28(3)26-37(6,7)32-19-22-34(23-20-32)39-36-24-21-33(38(8,9)27-29(4)16-11-2)25-35(36)30(5)31-17-13-12-14-18-31/h12-14,17-25,28-30,39H,10-11,15-16,26-27H2,1-9H3. The van der Waals surface area contributed by atoms with E-state index in [4.69, 9.17) is 0 Å². The van der Waals surface area contributed by atoms with E-state index in [9.17, 15) is 0 Å². The first-order valence-corrected chi connectivity index (χ1v) is 15.5. The van der Waals surface area contributed by atoms with Crippen molar-refractivity contribution in [2.24, 2.45) is 11.8 Å². The van der Waals surface area contributed by atoms with Crippen molar-refractivity contribution in [3.05, 3.63) is 95.1 Å². The molecule has 0 amide bonds. The molecule has 212 valence electrons. The maximum absolute atomic E-state index is 3.80. The molecule has 3 unspecified atom stereocenters. The molecular weight excluding hydrogens is 470 g/mol. The van der Waals surface area contributed by atoms with Crippen LogP contribution in [0.5, 0.6) is 0 Å². The Morgan fingerprint density at radius 1 is 0.641 bits per heavy atom. The average molecular weight is 526 g/mol. The molecule has 0 fully saturated rings. The summed E-state index contributed by atoms with van der Waals surface area (Å²) in [6.45, 7) is 21.3. The van der Waals surface area contributed by atoms with Gasteiger partial charge in [0.1, 0.15) is 0 Å². The molecule has 1 nitrogen and oxygen atoms in total. The number of hydrogen-bond acceptors (Lipinski definition) is 1. The fourth-order valence-electron chi connectivity index (χ4n) is 6.71. The molecule has 0 aliphatic rings. The molecular formula is C38H55N. The molecule has 0 heterocycles. The maximum Gasteiger partial charge on any atom is 0.0423 e. The zero-order valence-electron chi connectivity index (χ0n) is 26.4. The van der Waals surface area contributed by atoms with Gasteiger partial charge in [0.2, 0.25) is 0 Å². The zero-order chi connectivity index (χ0) is 28.6. The Kier molecular flexibility index (Phi) is 10.9. The normalized spacial score (nSPS) is 14.6. The van der Waals surface area contributed by atoms with E-state index in [2.05, 4.69) is 140 Å². The van der Waals surface area contributed by atoms with Crippen LogP contribution >= 0.6 is 0 Å². The Balaban J connectivity index is 1.91. The van der Waals surface area contributed by atoms with Crippen molar-refractivity contribution in [1.82, 2.24) is 0 Å². The van der Waals surface area contributed by atoms with Gasteiger partial charge in [0.25, 0.3) is 0 Å². The van der Waals surface area contributed by atoms with Gasteiger partial charge in [-0.15, -0.1) is 0 Å². The van der Waals surface area contributed by atoms with Crippen LogP contribution in [0.2, 0.25) is 0 Å². The molecule has 3 rings (SSSR count). The van der Waals surface area contributed by atoms with Gasteiger partial charge in [0.15, 0.2) is 0 Å². The van der Waals surface area contributed by atoms with Crippen LogP contribution in [0.15, 0.2) is 72.8 Å². The minimum Gasteiger partial charge on any atom is -0.355 e. The number of anilines is 2. The molecule has 0 aliphatic carbocycles. The summed E-state index contributed by atoms with van der Waals surface area (Å²) in [5.41, 5.74) is 8.26. The molecule has 0 saturated carbocycles. The van der Waals surface area contributed by atoms with Crippen molar-refractivity contribution >= 4 is 11.4 Å². The van der Waals surface area contributed by atoms with E-state index in [1.54, 1.807) is 0 Å². The summed E-state index contributed by atoms with van der Waals surface area (Å²) in [5.74, 6) is 1.78. The van der Waals surface area contributed by atoms with Crippen LogP contribution < -0.4 is 5.32 Å². The summed E-state index contributed by atoms with van der Waals surface area (Å²) >= 11 is 0. The molecule has 3 aromatic carbocycles. The van der Waals surface area contributed by atoms with Gasteiger partial charge in [-0.2, -0.15) is 0 Å². The topological polar surface area (TPSA) is 12.0 Å². The second-order valence-electron chi connectivity index (χ2n) is 13.6. The van der Waals surface area contributed by atoms with Crippen LogP contribution in [0.25, 0.3) is 0 Å². The lowest BCUT2D eigenvalue weighted by molar-refractivity contribution is 0.361. The minimum atomic E-state index is 0.139. The summed E-state index contributed by atoms with van der Waals surface area (Å²) in [7, 11) is 0. The second-order valence-corrected chi connectivity index (χ2v) is 13.6. The van der Waals surface area contributed by atoms with E-state index in [0.717, 1.165) is 17.5 Å². The Morgan fingerprint density at radius 3 is 1.69 bits per heavy atom. The summed E-state index contributed by atoms with van der Waals surface area (Å²) in [5, 5.41) is 3.80. The summed E-state index contributed by atoms with van der Waals surface area (Å²) in [4.78, 5) is 0. The van der Waals surface area contributed by atoms with E-state index >= 15 is 0 Å². The van der Waals surface area contributed by atoms with E-state index in [0.29, 0.717) is 5.92 Å². The lowest BCUT2D eigenvalue weighted by Gasteiger charge is -2.31. The Labute approximate surface area is 240 Å². The highest BCUT2D eigenvalue weighted by atomic mass is 14.9. The van der Waals surface area contributed by atoms with E-state index in [1.807, 2.05) is 0 Å². The summed E-state index contributed by atoms with van der Waals surface area (Å²) < 4.78 is 0. The monoisotopic (exact) mass is 525 g/mol. The average Bonchev–Trinajstić information content (AvgIpc) is 2.89. The highest BCUT2D eigenvalue weighted by Crippen LogP contribution is 2.39. The Morgan fingerprint density at radius 2 is 1.15 bits per heavy atom. The molecule has 3 atom stereocenters. The van der Waals surface area contributed by atoms with E-state index in [-0.39, 0.29) is 10.8 Å². The van der Waals surface area contributed by atoms with E-state index in [1.165, 1.54) is 66.5 Å². The third kappa shape index (κ3) is 8.47. The molecule has 0 spiro atoms. The van der Waals surface area contributed by atoms with Crippen molar-refractivity contribution in [1.29, 1.82) is 0 Å². The van der Waals surface area contributed by atoms with Crippen molar-refractivity contribution in [3.63, 3.8) is 0 Å². The lowest BCUT2D eigenvalue weighted by Crippen LogP contribution is -2.21. The van der Waals surface area contributed by atoms with Crippen LogP contribution in [0.4, 0.5) is 11.4 Å². The third-order valence-corrected chi connectivity index (χ3v) is 8.82. The number of benzene rings is 3. The van der Waals surface area contributed by atoms with Crippen LogP contribution in [0, 0.1) is 11.8 Å². The minimum absolute atomic E-state index is 0.139. The fourth-order valence-corrected chi connectivity index (χ4v) is 6.71. The van der Waals surface area contributed by atoms with Crippen LogP contribution in [-0.2, 0) is 10.8 Å². The maximum atomic E-state index is 3.80. The predicted molar refractivity (Wildman–Crippen MR) is 174 cm³/mol. The van der Waals surface area contributed by atoms with Crippen LogP contribution in [-0.4, -0.2) is 0 Å². The van der Waals surface area contributed by atoms with Crippen molar-refractivity contribution < 1.29 is 0 Å². The van der Waals surface area contributed by atoms with Gasteiger partial charge in [-0.05, 0) is 76.0 Å². The van der Waals surface area contributed by atoms with Crippen LogP contribution in [0.3, 0.4) is 0 Å². The number of nitrogens with one attached hydrogen (secondary N) is 1. The lowest BCUT2D eigenvalue weighted by atomic mass is 9.75. The van der Waals surface area contributed by atoms with Crippen LogP contribution in [0.1, 0.15) is 129 Å². The highest BCUT2D eigenvalue weighted by Gasteiger charge is 2.26. The summed E-state index contributed by atoms with van der Waals surface area (Å²) in [6, 6.07) is 27.3. The molecule has 0 aromatic heterocycles. The molecule has 1 N–H and O–H groups in total. The van der Waals surface area contributed by atoms with Gasteiger partial charge in [-0.25, -0.2) is 0 Å². The van der Waals surface area contributed by atoms with Gasteiger partial charge >= 0.3 is 0 Å². The van der Waals surface area contributed by atoms with Gasteiger partial charge in [-0.3, -0.25) is 0 Å². The largest absolute Gasteiger partial charge is 0.355 e. The molecule has 0 radical (unpaired) electrons. The zero-order valence-corrected chi connectivity index (χ0v) is 26.4. The summed E-state index contributed by atoms with van der Waals surface area (Å²) in [6.07, 6.45) is 7.54. The van der Waals surface area contributed by atoms with Crippen molar-refractivity contribution in [2.45, 2.75) is 118 Å². The number of rotatable bonds is 14.